The highest BCUT2D eigenvalue weighted by molar-refractivity contribution is 6.33. The molecule has 0 heterocycles. The van der Waals surface area contributed by atoms with Crippen LogP contribution in [0.15, 0.2) is 61.2 Å². The van der Waals surface area contributed by atoms with Gasteiger partial charge in [0.25, 0.3) is 0 Å². The van der Waals surface area contributed by atoms with E-state index < -0.39 is 29.1 Å². The molecule has 39 heavy (non-hydrogen) atoms. The highest BCUT2D eigenvalue weighted by Gasteiger charge is 2.36. The summed E-state index contributed by atoms with van der Waals surface area (Å²) in [4.78, 5) is 49.7. The van der Waals surface area contributed by atoms with Gasteiger partial charge in [0, 0.05) is 28.3 Å². The molecule has 0 saturated carbocycles. The van der Waals surface area contributed by atoms with Gasteiger partial charge in [-0.3, -0.25) is 9.59 Å². The van der Waals surface area contributed by atoms with E-state index in [1.54, 1.807) is 36.4 Å². The highest BCUT2D eigenvalue weighted by atomic mass is 16.5. The lowest BCUT2D eigenvalue weighted by molar-refractivity contribution is -0.254. The molecular weight excluding hydrogens is 500 g/mol. The summed E-state index contributed by atoms with van der Waals surface area (Å²) in [5, 5.41) is 12.2. The van der Waals surface area contributed by atoms with Crippen molar-refractivity contribution in [2.45, 2.75) is 25.7 Å². The molecule has 0 saturated heterocycles. The van der Waals surface area contributed by atoms with Crippen molar-refractivity contribution in [3.63, 3.8) is 0 Å². The van der Waals surface area contributed by atoms with Crippen LogP contribution in [0.25, 0.3) is 11.1 Å². The number of carboxylic acid groups (broad SMARTS) is 1. The van der Waals surface area contributed by atoms with Gasteiger partial charge < -0.3 is 30.8 Å². The van der Waals surface area contributed by atoms with Crippen molar-refractivity contribution in [1.82, 2.24) is 0 Å². The second-order valence-corrected chi connectivity index (χ2v) is 8.98. The summed E-state index contributed by atoms with van der Waals surface area (Å²) in [5.41, 5.74) is 12.0. The van der Waals surface area contributed by atoms with E-state index in [-0.39, 0.29) is 39.2 Å². The zero-order valence-electron chi connectivity index (χ0n) is 21.2. The third-order valence-corrected chi connectivity index (χ3v) is 6.51. The Labute approximate surface area is 225 Å². The molecule has 1 aliphatic carbocycles. The monoisotopic (exact) mass is 527 g/mol. The molecular formula is C30H27N2O7-. The number of benzene rings is 3. The second-order valence-electron chi connectivity index (χ2n) is 8.98. The van der Waals surface area contributed by atoms with Crippen molar-refractivity contribution >= 4 is 34.9 Å². The number of anilines is 2. The second kappa shape index (κ2) is 11.6. The molecule has 3 aromatic rings. The number of aromatic carboxylic acids is 1. The predicted octanol–water partition coefficient (Wildman–Crippen LogP) is 3.33. The van der Waals surface area contributed by atoms with E-state index in [0.29, 0.717) is 24.5 Å². The summed E-state index contributed by atoms with van der Waals surface area (Å²) in [5.74, 6) is -2.57. The lowest BCUT2D eigenvalue weighted by atomic mass is 9.78. The molecule has 3 aromatic carbocycles. The zero-order chi connectivity index (χ0) is 28.1. The summed E-state index contributed by atoms with van der Waals surface area (Å²) in [6, 6.07) is 12.8. The Morgan fingerprint density at radius 3 is 1.92 bits per heavy atom. The first-order valence-corrected chi connectivity index (χ1v) is 12.4. The third kappa shape index (κ3) is 5.38. The molecule has 0 spiro atoms. The van der Waals surface area contributed by atoms with E-state index in [1.165, 1.54) is 12.1 Å². The minimum atomic E-state index is -1.62. The fraction of sp³-hybridized carbons (Fsp3) is 0.200. The number of rotatable bonds is 11. The van der Waals surface area contributed by atoms with Crippen LogP contribution < -0.4 is 21.3 Å². The number of ketones is 2. The van der Waals surface area contributed by atoms with Crippen molar-refractivity contribution in [2.24, 2.45) is 0 Å². The smallest absolute Gasteiger partial charge is 0.330 e. The molecule has 9 nitrogen and oxygen atoms in total. The molecule has 0 radical (unpaired) electrons. The van der Waals surface area contributed by atoms with E-state index in [9.17, 15) is 24.3 Å². The number of carboxylic acids is 1. The standard InChI is InChI=1S/C30H28N2O7/c1-2-21(33)39-16-8-4-3-7-15-38-18-13-11-17(12-14-18)22-25(30(36)37)27(32)24-23(26(22)31)28(34)19-9-5-6-10-20(19)29(24)35/h2,5-6,9-14H,1,3-4,7-8,15-16,31-32H2,(H,36,37)/p-1. The topological polar surface area (TPSA) is 162 Å². The number of carbonyl (C=O) groups is 4. The van der Waals surface area contributed by atoms with Gasteiger partial charge >= 0.3 is 5.97 Å². The van der Waals surface area contributed by atoms with Crippen LogP contribution in [0.4, 0.5) is 11.4 Å². The molecule has 1 aliphatic rings. The highest BCUT2D eigenvalue weighted by Crippen LogP contribution is 2.43. The van der Waals surface area contributed by atoms with Crippen molar-refractivity contribution in [2.75, 3.05) is 24.7 Å². The first kappa shape index (κ1) is 27.1. The van der Waals surface area contributed by atoms with Crippen LogP contribution in [-0.2, 0) is 9.53 Å². The number of unbranched alkanes of at least 4 members (excludes halogenated alkanes) is 3. The molecule has 0 unspecified atom stereocenters. The lowest BCUT2D eigenvalue weighted by Gasteiger charge is -2.26. The van der Waals surface area contributed by atoms with Gasteiger partial charge in [-0.1, -0.05) is 43.0 Å². The number of carbonyl (C=O) groups excluding carboxylic acids is 4. The number of esters is 1. The van der Waals surface area contributed by atoms with Gasteiger partial charge in [0.05, 0.1) is 41.7 Å². The summed E-state index contributed by atoms with van der Waals surface area (Å²) >= 11 is 0. The molecule has 4 N–H and O–H groups in total. The molecule has 4 rings (SSSR count). The minimum absolute atomic E-state index is 0.00971. The Morgan fingerprint density at radius 2 is 1.36 bits per heavy atom. The fourth-order valence-corrected chi connectivity index (χ4v) is 4.62. The van der Waals surface area contributed by atoms with Crippen LogP contribution in [-0.4, -0.2) is 36.7 Å². The average Bonchev–Trinajstić information content (AvgIpc) is 2.94. The van der Waals surface area contributed by atoms with E-state index in [2.05, 4.69) is 6.58 Å². The summed E-state index contributed by atoms with van der Waals surface area (Å²) in [6.45, 7) is 4.15. The van der Waals surface area contributed by atoms with Crippen LogP contribution in [0.1, 0.15) is 67.9 Å². The SMILES string of the molecule is C=CC(=O)OCCCCCCOc1ccc(-c2c(N)c3c(c(N)c2C(=O)[O-])C(=O)c2ccccc2C3=O)cc1. The van der Waals surface area contributed by atoms with Gasteiger partial charge in [-0.25, -0.2) is 4.79 Å². The average molecular weight is 528 g/mol. The van der Waals surface area contributed by atoms with Crippen molar-refractivity contribution in [3.8, 4) is 16.9 Å². The Morgan fingerprint density at radius 1 is 0.795 bits per heavy atom. The maximum absolute atomic E-state index is 13.3. The normalized spacial score (nSPS) is 11.9. The quantitative estimate of drug-likeness (QED) is 0.129. The molecule has 0 aliphatic heterocycles. The number of nitrogens with two attached hydrogens (primary N) is 2. The summed E-state index contributed by atoms with van der Waals surface area (Å²) in [7, 11) is 0. The zero-order valence-corrected chi connectivity index (χ0v) is 21.2. The van der Waals surface area contributed by atoms with Crippen molar-refractivity contribution < 1.29 is 33.8 Å². The molecule has 0 fully saturated rings. The first-order valence-electron chi connectivity index (χ1n) is 12.4. The number of hydrogen-bond donors (Lipinski definition) is 2. The van der Waals surface area contributed by atoms with Crippen molar-refractivity contribution in [3.05, 3.63) is 89.0 Å². The van der Waals surface area contributed by atoms with E-state index >= 15 is 0 Å². The van der Waals surface area contributed by atoms with Gasteiger partial charge in [-0.15, -0.1) is 0 Å². The molecule has 200 valence electrons. The van der Waals surface area contributed by atoms with Crippen molar-refractivity contribution in [1.29, 1.82) is 0 Å². The van der Waals surface area contributed by atoms with Gasteiger partial charge in [-0.2, -0.15) is 0 Å². The lowest BCUT2D eigenvalue weighted by Crippen LogP contribution is -2.30. The van der Waals surface area contributed by atoms with E-state index in [1.807, 2.05) is 0 Å². The number of hydrogen-bond acceptors (Lipinski definition) is 9. The van der Waals surface area contributed by atoms with Gasteiger partial charge in [0.1, 0.15) is 5.75 Å². The Balaban J connectivity index is 1.53. The van der Waals surface area contributed by atoms with Crippen LogP contribution in [0.3, 0.4) is 0 Å². The molecule has 0 aromatic heterocycles. The molecule has 9 heteroatoms. The number of nitrogen functional groups attached to an aromatic ring is 2. The molecule has 0 bridgehead atoms. The first-order chi connectivity index (χ1) is 18.8. The number of fused-ring (bicyclic) bond motifs is 2. The third-order valence-electron chi connectivity index (χ3n) is 6.51. The Hall–Kier alpha value is -4.92. The predicted molar refractivity (Wildman–Crippen MR) is 143 cm³/mol. The van der Waals surface area contributed by atoms with Crippen LogP contribution in [0, 0.1) is 0 Å². The summed E-state index contributed by atoms with van der Waals surface area (Å²) < 4.78 is 10.7. The molecule has 0 amide bonds. The van der Waals surface area contributed by atoms with Crippen LogP contribution >= 0.6 is 0 Å². The maximum Gasteiger partial charge on any atom is 0.330 e. The summed E-state index contributed by atoms with van der Waals surface area (Å²) in [6.07, 6.45) is 4.44. The largest absolute Gasteiger partial charge is 0.545 e. The van der Waals surface area contributed by atoms with E-state index in [4.69, 9.17) is 20.9 Å². The Kier molecular flexibility index (Phi) is 8.10. The maximum atomic E-state index is 13.3. The fourth-order valence-electron chi connectivity index (χ4n) is 4.62. The van der Waals surface area contributed by atoms with Crippen LogP contribution in [0.5, 0.6) is 5.75 Å². The van der Waals surface area contributed by atoms with Crippen LogP contribution in [0.2, 0.25) is 0 Å². The van der Waals surface area contributed by atoms with Gasteiger partial charge in [0.2, 0.25) is 0 Å². The van der Waals surface area contributed by atoms with E-state index in [0.717, 1.165) is 31.8 Å². The van der Waals surface area contributed by atoms with Gasteiger partial charge in [-0.05, 0) is 43.4 Å². The Bertz CT molecular complexity index is 1480. The number of ether oxygens (including phenoxy) is 2. The minimum Gasteiger partial charge on any atom is -0.545 e. The van der Waals surface area contributed by atoms with Gasteiger partial charge in [0.15, 0.2) is 11.6 Å². The molecule has 0 atom stereocenters.